The van der Waals surface area contributed by atoms with Crippen molar-refractivity contribution in [2.75, 3.05) is 13.2 Å². The van der Waals surface area contributed by atoms with Crippen molar-refractivity contribution in [3.63, 3.8) is 0 Å². The van der Waals surface area contributed by atoms with Gasteiger partial charge < -0.3 is 9.47 Å². The van der Waals surface area contributed by atoms with Crippen LogP contribution < -0.4 is 14.9 Å². The number of hydrogen-bond acceptors (Lipinski definition) is 5. The van der Waals surface area contributed by atoms with E-state index >= 15 is 0 Å². The molecule has 0 unspecified atom stereocenters. The summed E-state index contributed by atoms with van der Waals surface area (Å²) in [4.78, 5) is 12.4. The van der Waals surface area contributed by atoms with Gasteiger partial charge in [-0.15, -0.1) is 11.3 Å². The average Bonchev–Trinajstić information content (AvgIpc) is 3.12. The van der Waals surface area contributed by atoms with E-state index in [2.05, 4.69) is 17.5 Å². The van der Waals surface area contributed by atoms with Crippen LogP contribution in [-0.2, 0) is 0 Å². The van der Waals surface area contributed by atoms with E-state index < -0.39 is 0 Å². The third-order valence-corrected chi connectivity index (χ3v) is 4.02. The van der Waals surface area contributed by atoms with Crippen LogP contribution in [0.25, 0.3) is 0 Å². The Hall–Kier alpha value is -2.34. The molecule has 1 N–H and O–H groups in total. The molecular weight excluding hydrogens is 324 g/mol. The Kier molecular flexibility index (Phi) is 7.29. The molecule has 0 fully saturated rings. The number of hydrogen-bond donors (Lipinski definition) is 1. The lowest BCUT2D eigenvalue weighted by molar-refractivity contribution is 0.0959. The highest BCUT2D eigenvalue weighted by atomic mass is 32.1. The number of amides is 1. The molecule has 0 aliphatic carbocycles. The monoisotopic (exact) mass is 346 g/mol. The number of thiophene rings is 1. The predicted molar refractivity (Wildman–Crippen MR) is 97.4 cm³/mol. The number of ether oxygens (including phenoxy) is 2. The van der Waals surface area contributed by atoms with Gasteiger partial charge in [0.05, 0.1) is 24.3 Å². The third-order valence-electron chi connectivity index (χ3n) is 3.15. The van der Waals surface area contributed by atoms with Crippen LogP contribution in [0.2, 0.25) is 0 Å². The normalized spacial score (nSPS) is 10.8. The van der Waals surface area contributed by atoms with Crippen LogP contribution in [0, 0.1) is 0 Å². The van der Waals surface area contributed by atoms with Gasteiger partial charge in [-0.3, -0.25) is 4.79 Å². The Morgan fingerprint density at radius 3 is 2.83 bits per heavy atom. The van der Waals surface area contributed by atoms with Gasteiger partial charge >= 0.3 is 0 Å². The number of carbonyl (C=O) groups is 1. The number of benzene rings is 1. The molecule has 2 aromatic rings. The molecule has 0 aliphatic heterocycles. The molecule has 1 heterocycles. The van der Waals surface area contributed by atoms with Gasteiger partial charge in [-0.1, -0.05) is 19.4 Å². The fourth-order valence-electron chi connectivity index (χ4n) is 1.95. The summed E-state index contributed by atoms with van der Waals surface area (Å²) < 4.78 is 11.4. The zero-order valence-corrected chi connectivity index (χ0v) is 14.8. The summed E-state index contributed by atoms with van der Waals surface area (Å²) in [5.41, 5.74) is 3.34. The molecule has 0 saturated carbocycles. The Balaban J connectivity index is 2.00. The molecule has 6 heteroatoms. The first kappa shape index (κ1) is 18.0. The lowest BCUT2D eigenvalue weighted by Crippen LogP contribution is -2.16. The van der Waals surface area contributed by atoms with Crippen LogP contribution in [0.15, 0.2) is 40.8 Å². The molecule has 24 heavy (non-hydrogen) atoms. The summed E-state index contributed by atoms with van der Waals surface area (Å²) in [6.45, 7) is 5.27. The number of rotatable bonds is 9. The standard InChI is InChI=1S/C18H22N2O3S/c1-3-5-10-23-15-9-8-14(12-16(15)22-4-2)13-19-20-18(21)17-7-6-11-24-17/h6-9,11-13H,3-5,10H2,1-2H3,(H,20,21)/b19-13+. The topological polar surface area (TPSA) is 59.9 Å². The highest BCUT2D eigenvalue weighted by Gasteiger charge is 2.07. The Labute approximate surface area is 146 Å². The Bertz CT molecular complexity index is 669. The minimum atomic E-state index is -0.217. The number of nitrogens with one attached hydrogen (secondary N) is 1. The Morgan fingerprint density at radius 1 is 1.25 bits per heavy atom. The Morgan fingerprint density at radius 2 is 2.12 bits per heavy atom. The zero-order chi connectivity index (χ0) is 17.2. The molecule has 0 atom stereocenters. The first-order valence-electron chi connectivity index (χ1n) is 8.01. The van der Waals surface area contributed by atoms with Crippen LogP contribution in [0.3, 0.4) is 0 Å². The summed E-state index contributed by atoms with van der Waals surface area (Å²) in [7, 11) is 0. The maximum absolute atomic E-state index is 11.8. The van der Waals surface area contributed by atoms with Gasteiger partial charge in [0, 0.05) is 0 Å². The number of unbranched alkanes of at least 4 members (excludes halogenated alkanes) is 1. The van der Waals surface area contributed by atoms with E-state index in [4.69, 9.17) is 9.47 Å². The van der Waals surface area contributed by atoms with E-state index in [0.29, 0.717) is 23.8 Å². The van der Waals surface area contributed by atoms with Crippen LogP contribution >= 0.6 is 11.3 Å². The van der Waals surface area contributed by atoms with Crippen molar-refractivity contribution in [3.8, 4) is 11.5 Å². The summed E-state index contributed by atoms with van der Waals surface area (Å²) in [5, 5.41) is 5.84. The fourth-order valence-corrected chi connectivity index (χ4v) is 2.56. The number of nitrogens with zero attached hydrogens (tertiary/aromatic N) is 1. The van der Waals surface area contributed by atoms with Gasteiger partial charge in [0.1, 0.15) is 0 Å². The van der Waals surface area contributed by atoms with E-state index in [9.17, 15) is 4.79 Å². The SMILES string of the molecule is CCCCOc1ccc(/C=N/NC(=O)c2cccs2)cc1OCC. The average molecular weight is 346 g/mol. The molecule has 0 spiro atoms. The molecule has 0 aliphatic rings. The lowest BCUT2D eigenvalue weighted by Gasteiger charge is -2.12. The maximum Gasteiger partial charge on any atom is 0.281 e. The van der Waals surface area contributed by atoms with Crippen molar-refractivity contribution < 1.29 is 14.3 Å². The van der Waals surface area contributed by atoms with E-state index in [1.165, 1.54) is 11.3 Å². The minimum absolute atomic E-state index is 0.217. The van der Waals surface area contributed by atoms with Gasteiger partial charge in [0.25, 0.3) is 5.91 Å². The van der Waals surface area contributed by atoms with Crippen molar-refractivity contribution in [1.29, 1.82) is 0 Å². The first-order valence-corrected chi connectivity index (χ1v) is 8.89. The van der Waals surface area contributed by atoms with Crippen molar-refractivity contribution >= 4 is 23.5 Å². The molecular formula is C18H22N2O3S. The molecule has 2 rings (SSSR count). The lowest BCUT2D eigenvalue weighted by atomic mass is 10.2. The third kappa shape index (κ3) is 5.38. The highest BCUT2D eigenvalue weighted by molar-refractivity contribution is 7.12. The largest absolute Gasteiger partial charge is 0.490 e. The predicted octanol–water partition coefficient (Wildman–Crippen LogP) is 4.09. The van der Waals surface area contributed by atoms with Crippen LogP contribution in [-0.4, -0.2) is 25.3 Å². The number of hydrazone groups is 1. The summed E-state index contributed by atoms with van der Waals surface area (Å²) >= 11 is 1.38. The van der Waals surface area contributed by atoms with Crippen molar-refractivity contribution in [1.82, 2.24) is 5.43 Å². The second-order valence-corrected chi connectivity index (χ2v) is 5.97. The fraction of sp³-hybridized carbons (Fsp3) is 0.333. The van der Waals surface area contributed by atoms with E-state index in [0.717, 1.165) is 24.2 Å². The molecule has 0 saturated heterocycles. The second-order valence-electron chi connectivity index (χ2n) is 5.02. The van der Waals surface area contributed by atoms with E-state index in [-0.39, 0.29) is 5.91 Å². The molecule has 0 radical (unpaired) electrons. The van der Waals surface area contributed by atoms with Gasteiger partial charge in [0.15, 0.2) is 11.5 Å². The van der Waals surface area contributed by atoms with E-state index in [1.54, 1.807) is 12.3 Å². The van der Waals surface area contributed by atoms with E-state index in [1.807, 2.05) is 36.6 Å². The molecule has 5 nitrogen and oxygen atoms in total. The molecule has 1 aromatic carbocycles. The molecule has 128 valence electrons. The second kappa shape index (κ2) is 9.72. The van der Waals surface area contributed by atoms with Gasteiger partial charge in [0.2, 0.25) is 0 Å². The molecule has 0 bridgehead atoms. The van der Waals surface area contributed by atoms with Gasteiger partial charge in [-0.2, -0.15) is 5.10 Å². The highest BCUT2D eigenvalue weighted by Crippen LogP contribution is 2.28. The van der Waals surface area contributed by atoms with Crippen LogP contribution in [0.5, 0.6) is 11.5 Å². The van der Waals surface area contributed by atoms with Crippen LogP contribution in [0.1, 0.15) is 41.9 Å². The summed E-state index contributed by atoms with van der Waals surface area (Å²) in [6, 6.07) is 9.18. The minimum Gasteiger partial charge on any atom is -0.490 e. The van der Waals surface area contributed by atoms with Crippen LogP contribution in [0.4, 0.5) is 0 Å². The number of carbonyl (C=O) groups excluding carboxylic acids is 1. The maximum atomic E-state index is 11.8. The first-order chi connectivity index (χ1) is 11.7. The quantitative estimate of drug-likeness (QED) is 0.423. The summed E-state index contributed by atoms with van der Waals surface area (Å²) in [5.74, 6) is 1.19. The zero-order valence-electron chi connectivity index (χ0n) is 14.0. The van der Waals surface area contributed by atoms with Crippen molar-refractivity contribution in [3.05, 3.63) is 46.2 Å². The van der Waals surface area contributed by atoms with Gasteiger partial charge in [-0.05, 0) is 48.6 Å². The smallest absolute Gasteiger partial charge is 0.281 e. The van der Waals surface area contributed by atoms with Gasteiger partial charge in [-0.25, -0.2) is 5.43 Å². The van der Waals surface area contributed by atoms with Crippen molar-refractivity contribution in [2.24, 2.45) is 5.10 Å². The van der Waals surface area contributed by atoms with Crippen molar-refractivity contribution in [2.45, 2.75) is 26.7 Å². The molecule has 1 amide bonds. The summed E-state index contributed by atoms with van der Waals surface area (Å²) in [6.07, 6.45) is 3.67. The molecule has 1 aromatic heterocycles.